The molecule has 3 heterocycles. The molecule has 5 rings (SSSR count). The molecule has 0 fully saturated rings. The summed E-state index contributed by atoms with van der Waals surface area (Å²) < 4.78 is 13.6. The van der Waals surface area contributed by atoms with E-state index < -0.39 is 0 Å². The van der Waals surface area contributed by atoms with Crippen LogP contribution in [0.25, 0.3) is 22.6 Å². The van der Waals surface area contributed by atoms with Crippen molar-refractivity contribution in [1.29, 1.82) is 0 Å². The second kappa shape index (κ2) is 11.1. The number of rotatable bonds is 9. The number of hydrogen-bond donors (Lipinski definition) is 2. The maximum absolute atomic E-state index is 13.6. The van der Waals surface area contributed by atoms with E-state index in [2.05, 4.69) is 54.9 Å². The van der Waals surface area contributed by atoms with Gasteiger partial charge in [-0.3, -0.25) is 0 Å². The van der Waals surface area contributed by atoms with E-state index in [1.165, 1.54) is 12.1 Å². The van der Waals surface area contributed by atoms with Gasteiger partial charge in [-0.1, -0.05) is 50.2 Å². The van der Waals surface area contributed by atoms with Crippen molar-refractivity contribution >= 4 is 17.3 Å². The van der Waals surface area contributed by atoms with Gasteiger partial charge in [0.2, 0.25) is 0 Å². The zero-order chi connectivity index (χ0) is 26.5. The van der Waals surface area contributed by atoms with Crippen LogP contribution in [-0.4, -0.2) is 42.4 Å². The molecule has 0 aliphatic carbocycles. The second-order valence-electron chi connectivity index (χ2n) is 9.48. The first-order chi connectivity index (χ1) is 18.4. The van der Waals surface area contributed by atoms with Crippen LogP contribution in [0, 0.1) is 18.7 Å². The van der Waals surface area contributed by atoms with Crippen molar-refractivity contribution in [2.24, 2.45) is 5.92 Å². The van der Waals surface area contributed by atoms with Crippen molar-refractivity contribution in [1.82, 2.24) is 35.8 Å². The summed E-state index contributed by atoms with van der Waals surface area (Å²) in [5, 5.41) is 26.3. The molecule has 2 N–H and O–H groups in total. The van der Waals surface area contributed by atoms with E-state index in [9.17, 15) is 4.39 Å². The van der Waals surface area contributed by atoms with E-state index in [0.29, 0.717) is 24.1 Å². The number of tetrazole rings is 1. The Hall–Kier alpha value is -4.73. The zero-order valence-electron chi connectivity index (χ0n) is 21.4. The number of nitrogens with one attached hydrogen (secondary N) is 2. The summed E-state index contributed by atoms with van der Waals surface area (Å²) in [5.74, 6) is 2.06. The monoisotopic (exact) mass is 509 g/mol. The summed E-state index contributed by atoms with van der Waals surface area (Å²) in [6.07, 6.45) is 0. The predicted molar refractivity (Wildman–Crippen MR) is 145 cm³/mol. The molecule has 0 atom stereocenters. The first-order valence-corrected chi connectivity index (χ1v) is 12.4. The lowest BCUT2D eigenvalue weighted by Crippen LogP contribution is -2.28. The molecule has 0 saturated carbocycles. The van der Waals surface area contributed by atoms with Crippen molar-refractivity contribution in [3.63, 3.8) is 0 Å². The summed E-state index contributed by atoms with van der Waals surface area (Å²) in [6, 6.07) is 22.2. The Balaban J connectivity index is 1.61. The molecular weight excluding hydrogens is 481 g/mol. The number of nitrogens with zero attached hydrogens (tertiary/aromatic N) is 7. The Morgan fingerprint density at radius 2 is 1.71 bits per heavy atom. The van der Waals surface area contributed by atoms with Gasteiger partial charge in [-0.2, -0.15) is 5.10 Å². The molecule has 9 nitrogen and oxygen atoms in total. The van der Waals surface area contributed by atoms with Crippen LogP contribution in [0.15, 0.2) is 72.8 Å². The number of halogens is 1. The van der Waals surface area contributed by atoms with Gasteiger partial charge >= 0.3 is 0 Å². The zero-order valence-corrected chi connectivity index (χ0v) is 21.4. The average molecular weight is 510 g/mol. The number of hydrogen-bond acceptors (Lipinski definition) is 8. The van der Waals surface area contributed by atoms with Gasteiger partial charge in [0, 0.05) is 36.0 Å². The highest BCUT2D eigenvalue weighted by Crippen LogP contribution is 2.33. The van der Waals surface area contributed by atoms with Gasteiger partial charge in [0.15, 0.2) is 11.6 Å². The van der Waals surface area contributed by atoms with Crippen molar-refractivity contribution in [2.45, 2.75) is 27.3 Å². The number of aromatic amines is 1. The Bertz CT molecular complexity index is 1480. The van der Waals surface area contributed by atoms with Crippen LogP contribution in [0.1, 0.15) is 25.1 Å². The fraction of sp³-hybridized carbons (Fsp3) is 0.214. The van der Waals surface area contributed by atoms with E-state index in [4.69, 9.17) is 4.98 Å². The number of anilines is 3. The fourth-order valence-corrected chi connectivity index (χ4v) is 4.18. The summed E-state index contributed by atoms with van der Waals surface area (Å²) in [5.41, 5.74) is 5.08. The molecule has 0 aliphatic heterocycles. The van der Waals surface area contributed by atoms with Crippen LogP contribution in [0.5, 0.6) is 0 Å². The highest BCUT2D eigenvalue weighted by Gasteiger charge is 2.17. The van der Waals surface area contributed by atoms with E-state index in [1.807, 2.05) is 55.5 Å². The first-order valence-electron chi connectivity index (χ1n) is 12.4. The Kier molecular flexibility index (Phi) is 7.30. The molecule has 0 amide bonds. The molecule has 0 unspecified atom stereocenters. The van der Waals surface area contributed by atoms with Crippen molar-refractivity contribution in [3.05, 3.63) is 89.9 Å². The molecule has 0 bridgehead atoms. The number of pyridine rings is 1. The Morgan fingerprint density at radius 1 is 0.921 bits per heavy atom. The van der Waals surface area contributed by atoms with E-state index in [0.717, 1.165) is 46.1 Å². The number of H-pyrrole nitrogens is 1. The van der Waals surface area contributed by atoms with Crippen LogP contribution < -0.4 is 10.2 Å². The topological polar surface area (TPSA) is 108 Å². The fourth-order valence-electron chi connectivity index (χ4n) is 4.18. The standard InChI is InChI=1S/C28H28FN9/c1-18(2)16-38(17-20-9-11-21(29)12-10-20)27-15-22(30-26-13-8-19(3)32-33-26)14-25(31-27)23-6-4-5-7-24(23)28-34-36-37-35-28/h4-15,18H,16-17H2,1-3H3,(H,30,31,33)(H,34,35,36,37). The minimum Gasteiger partial charge on any atom is -0.352 e. The third-order valence-electron chi connectivity index (χ3n) is 5.88. The van der Waals surface area contributed by atoms with Gasteiger partial charge in [-0.25, -0.2) is 14.5 Å². The molecule has 0 saturated heterocycles. The van der Waals surface area contributed by atoms with Crippen molar-refractivity contribution < 1.29 is 4.39 Å². The summed E-state index contributed by atoms with van der Waals surface area (Å²) >= 11 is 0. The van der Waals surface area contributed by atoms with E-state index in [1.54, 1.807) is 12.1 Å². The van der Waals surface area contributed by atoms with E-state index >= 15 is 0 Å². The number of aromatic nitrogens is 7. The lowest BCUT2D eigenvalue weighted by Gasteiger charge is -2.27. The third-order valence-corrected chi connectivity index (χ3v) is 5.88. The predicted octanol–water partition coefficient (Wildman–Crippen LogP) is 5.57. The smallest absolute Gasteiger partial charge is 0.180 e. The third kappa shape index (κ3) is 5.97. The van der Waals surface area contributed by atoms with Crippen molar-refractivity contribution in [2.75, 3.05) is 16.8 Å². The molecular formula is C28H28FN9. The lowest BCUT2D eigenvalue weighted by atomic mass is 10.0. The quantitative estimate of drug-likeness (QED) is 0.265. The molecule has 0 radical (unpaired) electrons. The van der Waals surface area contributed by atoms with Crippen LogP contribution in [0.2, 0.25) is 0 Å². The maximum Gasteiger partial charge on any atom is 0.180 e. The normalized spacial score (nSPS) is 11.1. The molecule has 192 valence electrons. The van der Waals surface area contributed by atoms with Crippen LogP contribution in [0.3, 0.4) is 0 Å². The van der Waals surface area contributed by atoms with Gasteiger partial charge in [-0.05, 0) is 59.2 Å². The molecule has 38 heavy (non-hydrogen) atoms. The molecule has 2 aromatic carbocycles. The SMILES string of the molecule is Cc1ccc(Nc2cc(-c3ccccc3-c3nnn[nH]3)nc(N(Cc3ccc(F)cc3)CC(C)C)c2)nn1. The minimum absolute atomic E-state index is 0.256. The van der Waals surface area contributed by atoms with Gasteiger partial charge in [0.05, 0.1) is 11.4 Å². The maximum atomic E-state index is 13.6. The number of aryl methyl sites for hydroxylation is 1. The number of benzene rings is 2. The first kappa shape index (κ1) is 24.9. The second-order valence-corrected chi connectivity index (χ2v) is 9.48. The Morgan fingerprint density at radius 3 is 2.39 bits per heavy atom. The van der Waals surface area contributed by atoms with Crippen LogP contribution in [-0.2, 0) is 6.54 Å². The van der Waals surface area contributed by atoms with E-state index in [-0.39, 0.29) is 5.82 Å². The van der Waals surface area contributed by atoms with Gasteiger partial charge in [0.1, 0.15) is 11.6 Å². The Labute approximate surface area is 220 Å². The minimum atomic E-state index is -0.256. The van der Waals surface area contributed by atoms with Gasteiger partial charge < -0.3 is 10.2 Å². The van der Waals surface area contributed by atoms with Gasteiger partial charge in [0.25, 0.3) is 0 Å². The molecule has 0 aliphatic rings. The summed E-state index contributed by atoms with van der Waals surface area (Å²) in [7, 11) is 0. The summed E-state index contributed by atoms with van der Waals surface area (Å²) in [4.78, 5) is 7.29. The molecule has 10 heteroatoms. The summed E-state index contributed by atoms with van der Waals surface area (Å²) in [6.45, 7) is 7.55. The van der Waals surface area contributed by atoms with Gasteiger partial charge in [-0.15, -0.1) is 10.2 Å². The largest absolute Gasteiger partial charge is 0.352 e. The molecule has 0 spiro atoms. The average Bonchev–Trinajstić information content (AvgIpc) is 3.46. The lowest BCUT2D eigenvalue weighted by molar-refractivity contribution is 0.602. The van der Waals surface area contributed by atoms with Crippen molar-refractivity contribution in [3.8, 4) is 22.6 Å². The van der Waals surface area contributed by atoms with Crippen LogP contribution in [0.4, 0.5) is 21.7 Å². The highest BCUT2D eigenvalue weighted by atomic mass is 19.1. The molecule has 3 aromatic heterocycles. The highest BCUT2D eigenvalue weighted by molar-refractivity contribution is 5.81. The van der Waals surface area contributed by atoms with Crippen LogP contribution >= 0.6 is 0 Å². The molecule has 5 aromatic rings.